The van der Waals surface area contributed by atoms with E-state index in [1.165, 1.54) is 25.9 Å². The maximum Gasteiger partial charge on any atom is 0.335 e. The summed E-state index contributed by atoms with van der Waals surface area (Å²) in [5.41, 5.74) is 1.43. The molecule has 1 aromatic rings. The van der Waals surface area contributed by atoms with Crippen LogP contribution in [-0.4, -0.2) is 49.7 Å². The maximum atomic E-state index is 10.8. The van der Waals surface area contributed by atoms with E-state index in [1.807, 2.05) is 12.1 Å². The molecular formula is C15H22N2O2. The Balaban J connectivity index is 1.92. The highest BCUT2D eigenvalue weighted by molar-refractivity contribution is 5.88. The molecule has 1 saturated heterocycles. The van der Waals surface area contributed by atoms with E-state index in [4.69, 9.17) is 5.11 Å². The Kier molecular flexibility index (Phi) is 4.43. The predicted molar refractivity (Wildman–Crippen MR) is 76.9 cm³/mol. The summed E-state index contributed by atoms with van der Waals surface area (Å²) >= 11 is 0. The molecule has 0 aromatic heterocycles. The van der Waals surface area contributed by atoms with Crippen LogP contribution in [0.4, 0.5) is 5.69 Å². The number of hydrogen-bond donors (Lipinski definition) is 1. The molecule has 4 nitrogen and oxygen atoms in total. The van der Waals surface area contributed by atoms with E-state index in [1.54, 1.807) is 12.1 Å². The van der Waals surface area contributed by atoms with Gasteiger partial charge in [-0.3, -0.25) is 0 Å². The van der Waals surface area contributed by atoms with E-state index in [-0.39, 0.29) is 0 Å². The summed E-state index contributed by atoms with van der Waals surface area (Å²) in [4.78, 5) is 15.4. The molecule has 104 valence electrons. The van der Waals surface area contributed by atoms with Crippen molar-refractivity contribution in [3.05, 3.63) is 29.8 Å². The molecule has 1 fully saturated rings. The van der Waals surface area contributed by atoms with Crippen LogP contribution in [0.2, 0.25) is 0 Å². The van der Waals surface area contributed by atoms with Gasteiger partial charge in [0.05, 0.1) is 5.56 Å². The molecule has 0 atom stereocenters. The van der Waals surface area contributed by atoms with E-state index in [0.717, 1.165) is 18.2 Å². The quantitative estimate of drug-likeness (QED) is 0.903. The monoisotopic (exact) mass is 262 g/mol. The molecule has 1 aliphatic heterocycles. The van der Waals surface area contributed by atoms with Gasteiger partial charge in [0.25, 0.3) is 0 Å². The fraction of sp³-hybridized carbons (Fsp3) is 0.533. The highest BCUT2D eigenvalue weighted by atomic mass is 16.4. The van der Waals surface area contributed by atoms with Gasteiger partial charge in [0, 0.05) is 19.3 Å². The number of anilines is 1. The van der Waals surface area contributed by atoms with Gasteiger partial charge in [-0.25, -0.2) is 4.79 Å². The van der Waals surface area contributed by atoms with Crippen LogP contribution in [0.3, 0.4) is 0 Å². The molecule has 1 aliphatic rings. The number of benzene rings is 1. The molecule has 0 spiro atoms. The Bertz CT molecular complexity index is 422. The molecule has 0 saturated carbocycles. The number of carboxylic acid groups (broad SMARTS) is 1. The third-order valence-corrected chi connectivity index (χ3v) is 3.93. The Hall–Kier alpha value is -1.55. The van der Waals surface area contributed by atoms with Gasteiger partial charge < -0.3 is 14.9 Å². The summed E-state index contributed by atoms with van der Waals surface area (Å²) in [6, 6.07) is 7.11. The average molecular weight is 262 g/mol. The number of carbonyl (C=O) groups is 1. The third kappa shape index (κ3) is 3.70. The van der Waals surface area contributed by atoms with E-state index in [2.05, 4.69) is 23.9 Å². The van der Waals surface area contributed by atoms with Gasteiger partial charge >= 0.3 is 5.97 Å². The maximum absolute atomic E-state index is 10.8. The van der Waals surface area contributed by atoms with Crippen molar-refractivity contribution in [3.63, 3.8) is 0 Å². The normalized spacial score (nSPS) is 17.4. The van der Waals surface area contributed by atoms with Crippen molar-refractivity contribution in [3.8, 4) is 0 Å². The third-order valence-electron chi connectivity index (χ3n) is 3.93. The van der Waals surface area contributed by atoms with Crippen LogP contribution in [-0.2, 0) is 0 Å². The van der Waals surface area contributed by atoms with Crippen molar-refractivity contribution in [2.45, 2.75) is 12.8 Å². The number of likely N-dealkylation sites (tertiary alicyclic amines) is 1. The molecule has 0 radical (unpaired) electrons. The molecule has 0 aliphatic carbocycles. The number of rotatable bonds is 4. The molecule has 0 amide bonds. The first-order valence-electron chi connectivity index (χ1n) is 6.79. The lowest BCUT2D eigenvalue weighted by Gasteiger charge is -2.32. The predicted octanol–water partition coefficient (Wildman–Crippen LogP) is 2.16. The SMILES string of the molecule is CN1CCC(CN(C)c2ccc(C(=O)O)cc2)CC1. The molecule has 19 heavy (non-hydrogen) atoms. The Labute approximate surface area is 114 Å². The summed E-state index contributed by atoms with van der Waals surface area (Å²) in [5.74, 6) is -0.134. The largest absolute Gasteiger partial charge is 0.478 e. The minimum absolute atomic E-state index is 0.344. The second-order valence-electron chi connectivity index (χ2n) is 5.48. The van der Waals surface area contributed by atoms with Crippen molar-refractivity contribution >= 4 is 11.7 Å². The number of aromatic carboxylic acids is 1. The van der Waals surface area contributed by atoms with Gasteiger partial charge in [-0.2, -0.15) is 0 Å². The zero-order chi connectivity index (χ0) is 13.8. The molecule has 0 unspecified atom stereocenters. The number of piperidine rings is 1. The fourth-order valence-electron chi connectivity index (χ4n) is 2.60. The van der Waals surface area contributed by atoms with Gasteiger partial charge in [0.1, 0.15) is 0 Å². The molecule has 1 N–H and O–H groups in total. The standard InChI is InChI=1S/C15H22N2O2/c1-16-9-7-12(8-10-16)11-17(2)14-5-3-13(4-6-14)15(18)19/h3-6,12H,7-11H2,1-2H3,(H,18,19). The molecule has 1 aromatic carbocycles. The van der Waals surface area contributed by atoms with E-state index in [9.17, 15) is 4.79 Å². The van der Waals surface area contributed by atoms with Crippen LogP contribution in [0.15, 0.2) is 24.3 Å². The highest BCUT2D eigenvalue weighted by Gasteiger charge is 2.18. The van der Waals surface area contributed by atoms with Crippen LogP contribution in [0.1, 0.15) is 23.2 Å². The van der Waals surface area contributed by atoms with Crippen LogP contribution >= 0.6 is 0 Å². The molecule has 4 heteroatoms. The summed E-state index contributed by atoms with van der Waals surface area (Å²) in [5, 5.41) is 8.88. The van der Waals surface area contributed by atoms with Crippen LogP contribution < -0.4 is 4.90 Å². The minimum Gasteiger partial charge on any atom is -0.478 e. The smallest absolute Gasteiger partial charge is 0.335 e. The lowest BCUT2D eigenvalue weighted by Crippen LogP contribution is -2.35. The van der Waals surface area contributed by atoms with Gasteiger partial charge in [-0.15, -0.1) is 0 Å². The van der Waals surface area contributed by atoms with Crippen LogP contribution in [0.5, 0.6) is 0 Å². The second-order valence-corrected chi connectivity index (χ2v) is 5.48. The van der Waals surface area contributed by atoms with Gasteiger partial charge in [0.2, 0.25) is 0 Å². The molecule has 0 bridgehead atoms. The zero-order valence-corrected chi connectivity index (χ0v) is 11.7. The zero-order valence-electron chi connectivity index (χ0n) is 11.7. The minimum atomic E-state index is -0.871. The first kappa shape index (κ1) is 13.9. The first-order valence-corrected chi connectivity index (χ1v) is 6.79. The Morgan fingerprint density at radius 1 is 1.32 bits per heavy atom. The Morgan fingerprint density at radius 2 is 1.89 bits per heavy atom. The summed E-state index contributed by atoms with van der Waals surface area (Å²) in [7, 11) is 4.25. The van der Waals surface area contributed by atoms with Gasteiger partial charge in [-0.05, 0) is 63.2 Å². The fourth-order valence-corrected chi connectivity index (χ4v) is 2.60. The Morgan fingerprint density at radius 3 is 2.42 bits per heavy atom. The van der Waals surface area contributed by atoms with Gasteiger partial charge in [0.15, 0.2) is 0 Å². The topological polar surface area (TPSA) is 43.8 Å². The summed E-state index contributed by atoms with van der Waals surface area (Å²) in [6.07, 6.45) is 2.49. The van der Waals surface area contributed by atoms with E-state index >= 15 is 0 Å². The van der Waals surface area contributed by atoms with Crippen molar-refractivity contribution in [2.24, 2.45) is 5.92 Å². The first-order chi connectivity index (χ1) is 9.06. The van der Waals surface area contributed by atoms with Crippen molar-refractivity contribution < 1.29 is 9.90 Å². The second kappa shape index (κ2) is 6.06. The van der Waals surface area contributed by atoms with Gasteiger partial charge in [-0.1, -0.05) is 0 Å². The van der Waals surface area contributed by atoms with Crippen molar-refractivity contribution in [1.29, 1.82) is 0 Å². The lowest BCUT2D eigenvalue weighted by molar-refractivity contribution is 0.0697. The van der Waals surface area contributed by atoms with Crippen LogP contribution in [0, 0.1) is 5.92 Å². The number of hydrogen-bond acceptors (Lipinski definition) is 3. The number of carboxylic acids is 1. The van der Waals surface area contributed by atoms with Crippen molar-refractivity contribution in [1.82, 2.24) is 4.90 Å². The van der Waals surface area contributed by atoms with E-state index < -0.39 is 5.97 Å². The lowest BCUT2D eigenvalue weighted by atomic mass is 9.96. The summed E-state index contributed by atoms with van der Waals surface area (Å²) in [6.45, 7) is 3.40. The highest BCUT2D eigenvalue weighted by Crippen LogP contribution is 2.20. The van der Waals surface area contributed by atoms with Crippen LogP contribution in [0.25, 0.3) is 0 Å². The molecular weight excluding hydrogens is 240 g/mol. The average Bonchev–Trinajstić information content (AvgIpc) is 2.41. The molecule has 2 rings (SSSR count). The molecule has 1 heterocycles. The summed E-state index contributed by atoms with van der Waals surface area (Å²) < 4.78 is 0. The van der Waals surface area contributed by atoms with E-state index in [0.29, 0.717) is 5.56 Å². The van der Waals surface area contributed by atoms with Crippen molar-refractivity contribution in [2.75, 3.05) is 38.6 Å². The number of nitrogens with zero attached hydrogens (tertiary/aromatic N) is 2.